The standard InChI is InChI=1S/C13H12O4S/c1-10-7-8-13(17-18(14,15)16)12(9-10)11-5-3-2-4-6-11/h2-9H,1H3,(H,14,15,16). The summed E-state index contributed by atoms with van der Waals surface area (Å²) in [5.74, 6) is 0.106. The van der Waals surface area contributed by atoms with Crippen molar-refractivity contribution in [3.63, 3.8) is 0 Å². The van der Waals surface area contributed by atoms with Gasteiger partial charge in [-0.1, -0.05) is 42.0 Å². The molecule has 2 aromatic rings. The van der Waals surface area contributed by atoms with E-state index in [0.717, 1.165) is 11.1 Å². The second-order valence-electron chi connectivity index (χ2n) is 3.88. The minimum atomic E-state index is -4.52. The van der Waals surface area contributed by atoms with Gasteiger partial charge in [0.2, 0.25) is 0 Å². The molecule has 0 atom stereocenters. The number of rotatable bonds is 3. The van der Waals surface area contributed by atoms with Gasteiger partial charge in [0.05, 0.1) is 0 Å². The quantitative estimate of drug-likeness (QED) is 0.866. The molecule has 5 heteroatoms. The Kier molecular flexibility index (Phi) is 3.36. The Morgan fingerprint density at radius 1 is 1.06 bits per heavy atom. The van der Waals surface area contributed by atoms with E-state index >= 15 is 0 Å². The molecule has 0 saturated heterocycles. The van der Waals surface area contributed by atoms with Gasteiger partial charge in [-0.2, -0.15) is 8.42 Å². The van der Waals surface area contributed by atoms with Crippen LogP contribution in [0.3, 0.4) is 0 Å². The first-order valence-corrected chi connectivity index (χ1v) is 6.65. The topological polar surface area (TPSA) is 63.6 Å². The normalized spacial score (nSPS) is 11.2. The van der Waals surface area contributed by atoms with Crippen molar-refractivity contribution >= 4 is 10.4 Å². The van der Waals surface area contributed by atoms with Gasteiger partial charge in [-0.25, -0.2) is 0 Å². The van der Waals surface area contributed by atoms with Crippen molar-refractivity contribution in [3.8, 4) is 16.9 Å². The van der Waals surface area contributed by atoms with Crippen LogP contribution in [-0.2, 0) is 10.4 Å². The molecule has 18 heavy (non-hydrogen) atoms. The summed E-state index contributed by atoms with van der Waals surface area (Å²) in [5.41, 5.74) is 2.41. The SMILES string of the molecule is Cc1ccc(OS(=O)(=O)O)c(-c2ccccc2)c1. The summed E-state index contributed by atoms with van der Waals surface area (Å²) in [6.45, 7) is 1.89. The van der Waals surface area contributed by atoms with E-state index in [1.807, 2.05) is 37.3 Å². The highest BCUT2D eigenvalue weighted by molar-refractivity contribution is 7.81. The molecule has 0 unspecified atom stereocenters. The molecule has 0 aliphatic carbocycles. The number of hydrogen-bond donors (Lipinski definition) is 1. The largest absolute Gasteiger partial charge is 0.446 e. The molecule has 0 radical (unpaired) electrons. The van der Waals surface area contributed by atoms with Crippen molar-refractivity contribution in [2.75, 3.05) is 0 Å². The van der Waals surface area contributed by atoms with Gasteiger partial charge < -0.3 is 4.18 Å². The molecule has 0 amide bonds. The Balaban J connectivity index is 2.55. The maximum Gasteiger partial charge on any atom is 0.446 e. The van der Waals surface area contributed by atoms with Crippen LogP contribution in [0.5, 0.6) is 5.75 Å². The summed E-state index contributed by atoms with van der Waals surface area (Å²) in [4.78, 5) is 0. The van der Waals surface area contributed by atoms with Gasteiger partial charge in [-0.05, 0) is 24.6 Å². The van der Waals surface area contributed by atoms with E-state index in [2.05, 4.69) is 4.18 Å². The molecule has 0 aliphatic heterocycles. The Morgan fingerprint density at radius 2 is 1.72 bits per heavy atom. The monoisotopic (exact) mass is 264 g/mol. The molecule has 0 saturated carbocycles. The lowest BCUT2D eigenvalue weighted by molar-refractivity contribution is 0.387. The Morgan fingerprint density at radius 3 is 2.33 bits per heavy atom. The van der Waals surface area contributed by atoms with Crippen molar-refractivity contribution in [2.24, 2.45) is 0 Å². The van der Waals surface area contributed by atoms with Crippen LogP contribution in [0.2, 0.25) is 0 Å². The molecular formula is C13H12O4S. The lowest BCUT2D eigenvalue weighted by Gasteiger charge is -2.09. The van der Waals surface area contributed by atoms with Crippen LogP contribution in [0, 0.1) is 6.92 Å². The molecule has 0 aromatic heterocycles. The minimum Gasteiger partial charge on any atom is -0.361 e. The molecule has 2 rings (SSSR count). The maximum absolute atomic E-state index is 10.8. The minimum absolute atomic E-state index is 0.106. The second-order valence-corrected chi connectivity index (χ2v) is 4.90. The van der Waals surface area contributed by atoms with Gasteiger partial charge in [-0.15, -0.1) is 0 Å². The zero-order chi connectivity index (χ0) is 13.2. The summed E-state index contributed by atoms with van der Waals surface area (Å²) >= 11 is 0. The summed E-state index contributed by atoms with van der Waals surface area (Å²) in [6, 6.07) is 14.3. The summed E-state index contributed by atoms with van der Waals surface area (Å²) in [6.07, 6.45) is 0. The van der Waals surface area contributed by atoms with Gasteiger partial charge >= 0.3 is 10.4 Å². The predicted octanol–water partition coefficient (Wildman–Crippen LogP) is 2.84. The highest BCUT2D eigenvalue weighted by Gasteiger charge is 2.12. The zero-order valence-electron chi connectivity index (χ0n) is 9.70. The number of aryl methyl sites for hydroxylation is 1. The van der Waals surface area contributed by atoms with Crippen molar-refractivity contribution in [1.82, 2.24) is 0 Å². The van der Waals surface area contributed by atoms with Crippen LogP contribution >= 0.6 is 0 Å². The fourth-order valence-electron chi connectivity index (χ4n) is 1.67. The molecule has 0 fully saturated rings. The molecule has 0 spiro atoms. The third-order valence-electron chi connectivity index (χ3n) is 2.41. The van der Waals surface area contributed by atoms with Crippen molar-refractivity contribution < 1.29 is 17.2 Å². The maximum atomic E-state index is 10.8. The van der Waals surface area contributed by atoms with Crippen LogP contribution in [0.15, 0.2) is 48.5 Å². The van der Waals surface area contributed by atoms with E-state index in [1.54, 1.807) is 12.1 Å². The first kappa shape index (κ1) is 12.6. The highest BCUT2D eigenvalue weighted by Crippen LogP contribution is 2.31. The molecule has 1 N–H and O–H groups in total. The Labute approximate surface area is 106 Å². The van der Waals surface area contributed by atoms with Crippen LogP contribution < -0.4 is 4.18 Å². The molecule has 0 bridgehead atoms. The van der Waals surface area contributed by atoms with E-state index < -0.39 is 10.4 Å². The number of hydrogen-bond acceptors (Lipinski definition) is 3. The van der Waals surface area contributed by atoms with Gasteiger partial charge in [0.15, 0.2) is 5.75 Å². The van der Waals surface area contributed by atoms with Crippen molar-refractivity contribution in [1.29, 1.82) is 0 Å². The van der Waals surface area contributed by atoms with Crippen LogP contribution in [-0.4, -0.2) is 13.0 Å². The Bertz CT molecular complexity index is 648. The predicted molar refractivity (Wildman–Crippen MR) is 68.8 cm³/mol. The third kappa shape index (κ3) is 3.09. The average molecular weight is 264 g/mol. The molecule has 0 aliphatic rings. The summed E-state index contributed by atoms with van der Waals surface area (Å²) < 4.78 is 34.9. The van der Waals surface area contributed by atoms with Gasteiger partial charge in [0, 0.05) is 5.56 Å². The smallest absolute Gasteiger partial charge is 0.361 e. The molecule has 4 nitrogen and oxygen atoms in total. The lowest BCUT2D eigenvalue weighted by atomic mass is 10.0. The Hall–Kier alpha value is -1.85. The van der Waals surface area contributed by atoms with E-state index in [0.29, 0.717) is 5.56 Å². The van der Waals surface area contributed by atoms with E-state index in [9.17, 15) is 8.42 Å². The molecular weight excluding hydrogens is 252 g/mol. The van der Waals surface area contributed by atoms with E-state index in [-0.39, 0.29) is 5.75 Å². The third-order valence-corrected chi connectivity index (χ3v) is 2.81. The van der Waals surface area contributed by atoms with Gasteiger partial charge in [-0.3, -0.25) is 4.55 Å². The second kappa shape index (κ2) is 4.80. The van der Waals surface area contributed by atoms with Crippen LogP contribution in [0.25, 0.3) is 11.1 Å². The zero-order valence-corrected chi connectivity index (χ0v) is 10.5. The fraction of sp³-hybridized carbons (Fsp3) is 0.0769. The molecule has 94 valence electrons. The number of benzene rings is 2. The van der Waals surface area contributed by atoms with E-state index in [1.165, 1.54) is 6.07 Å². The first-order chi connectivity index (χ1) is 8.46. The average Bonchev–Trinajstić information content (AvgIpc) is 2.31. The molecule has 2 aromatic carbocycles. The van der Waals surface area contributed by atoms with E-state index in [4.69, 9.17) is 4.55 Å². The first-order valence-electron chi connectivity index (χ1n) is 5.29. The summed E-state index contributed by atoms with van der Waals surface area (Å²) in [7, 11) is -4.52. The highest BCUT2D eigenvalue weighted by atomic mass is 32.3. The van der Waals surface area contributed by atoms with Gasteiger partial charge in [0.25, 0.3) is 0 Å². The molecule has 0 heterocycles. The summed E-state index contributed by atoms with van der Waals surface area (Å²) in [5, 5.41) is 0. The van der Waals surface area contributed by atoms with Crippen LogP contribution in [0.1, 0.15) is 5.56 Å². The van der Waals surface area contributed by atoms with Crippen molar-refractivity contribution in [3.05, 3.63) is 54.1 Å². The van der Waals surface area contributed by atoms with Crippen molar-refractivity contribution in [2.45, 2.75) is 6.92 Å². The van der Waals surface area contributed by atoms with Gasteiger partial charge in [0.1, 0.15) is 0 Å². The van der Waals surface area contributed by atoms with Crippen LogP contribution in [0.4, 0.5) is 0 Å². The lowest BCUT2D eigenvalue weighted by Crippen LogP contribution is -2.07. The fourth-order valence-corrected chi connectivity index (χ4v) is 2.05.